The second-order valence-electron chi connectivity index (χ2n) is 5.22. The quantitative estimate of drug-likeness (QED) is 0.736. The Balaban J connectivity index is 2.70. The van der Waals surface area contributed by atoms with E-state index in [-0.39, 0.29) is 5.41 Å². The van der Waals surface area contributed by atoms with Crippen molar-refractivity contribution in [3.63, 3.8) is 0 Å². The molecule has 0 aliphatic heterocycles. The van der Waals surface area contributed by atoms with Gasteiger partial charge in [-0.1, -0.05) is 20.8 Å². The molecule has 0 aromatic heterocycles. The van der Waals surface area contributed by atoms with Crippen LogP contribution in [0.5, 0.6) is 11.5 Å². The Labute approximate surface area is 105 Å². The number of benzene rings is 1. The lowest BCUT2D eigenvalue weighted by atomic mass is 9.92. The summed E-state index contributed by atoms with van der Waals surface area (Å²) in [6, 6.07) is 6.04. The van der Waals surface area contributed by atoms with Crippen molar-refractivity contribution >= 4 is 0 Å². The smallest absolute Gasteiger partial charge is 0.123 e. The second-order valence-corrected chi connectivity index (χ2v) is 5.22. The molecule has 96 valence electrons. The maximum atomic E-state index is 5.85. The van der Waals surface area contributed by atoms with Crippen molar-refractivity contribution in [2.45, 2.75) is 41.0 Å². The molecule has 0 unspecified atom stereocenters. The highest BCUT2D eigenvalue weighted by molar-refractivity contribution is 5.37. The summed E-state index contributed by atoms with van der Waals surface area (Å²) >= 11 is 0. The normalized spacial score (nSPS) is 11.4. The minimum Gasteiger partial charge on any atom is -0.494 e. The average molecular weight is 236 g/mol. The monoisotopic (exact) mass is 236 g/mol. The molecule has 0 saturated carbocycles. The minimum atomic E-state index is 0.218. The van der Waals surface area contributed by atoms with Gasteiger partial charge in [-0.15, -0.1) is 0 Å². The van der Waals surface area contributed by atoms with Crippen LogP contribution < -0.4 is 9.47 Å². The first kappa shape index (κ1) is 13.9. The zero-order valence-corrected chi connectivity index (χ0v) is 11.7. The van der Waals surface area contributed by atoms with E-state index in [1.54, 1.807) is 0 Å². The number of rotatable bonds is 6. The molecule has 17 heavy (non-hydrogen) atoms. The lowest BCUT2D eigenvalue weighted by Crippen LogP contribution is -2.20. The third-order valence-corrected chi connectivity index (χ3v) is 2.92. The molecule has 2 heteroatoms. The Bertz CT molecular complexity index is 356. The van der Waals surface area contributed by atoms with Crippen molar-refractivity contribution in [2.24, 2.45) is 5.41 Å². The van der Waals surface area contributed by atoms with Gasteiger partial charge in [0.05, 0.1) is 13.2 Å². The van der Waals surface area contributed by atoms with Crippen molar-refractivity contribution in [1.82, 2.24) is 0 Å². The number of hydrogen-bond donors (Lipinski definition) is 0. The van der Waals surface area contributed by atoms with E-state index in [1.807, 2.05) is 25.1 Å². The predicted molar refractivity (Wildman–Crippen MR) is 71.9 cm³/mol. The summed E-state index contributed by atoms with van der Waals surface area (Å²) < 4.78 is 11.4. The molecule has 0 bridgehead atoms. The highest BCUT2D eigenvalue weighted by Crippen LogP contribution is 2.26. The highest BCUT2D eigenvalue weighted by Gasteiger charge is 2.16. The molecule has 0 N–H and O–H groups in total. The first-order valence-electron chi connectivity index (χ1n) is 6.34. The molecule has 0 atom stereocenters. The van der Waals surface area contributed by atoms with Crippen LogP contribution in [0.3, 0.4) is 0 Å². The van der Waals surface area contributed by atoms with E-state index in [4.69, 9.17) is 9.47 Å². The Kier molecular flexibility index (Phi) is 4.86. The molecule has 0 aliphatic carbocycles. The van der Waals surface area contributed by atoms with Gasteiger partial charge in [-0.05, 0) is 43.4 Å². The zero-order valence-electron chi connectivity index (χ0n) is 11.7. The largest absolute Gasteiger partial charge is 0.494 e. The summed E-state index contributed by atoms with van der Waals surface area (Å²) in [7, 11) is 0. The topological polar surface area (TPSA) is 18.5 Å². The SMILES string of the molecule is CCOc1cc(C)cc(OCC(C)(C)CC)c1. The van der Waals surface area contributed by atoms with Crippen LogP contribution in [0.25, 0.3) is 0 Å². The fourth-order valence-electron chi connectivity index (χ4n) is 1.43. The average Bonchev–Trinajstić information content (AvgIpc) is 2.26. The van der Waals surface area contributed by atoms with Crippen LogP contribution in [0, 0.1) is 12.3 Å². The number of ether oxygens (including phenoxy) is 2. The molecule has 0 saturated heterocycles. The van der Waals surface area contributed by atoms with Crippen LogP contribution in [-0.2, 0) is 0 Å². The maximum absolute atomic E-state index is 5.85. The second kappa shape index (κ2) is 5.95. The van der Waals surface area contributed by atoms with E-state index in [1.165, 1.54) is 5.56 Å². The summed E-state index contributed by atoms with van der Waals surface area (Å²) in [6.45, 7) is 12.1. The summed E-state index contributed by atoms with van der Waals surface area (Å²) in [5.41, 5.74) is 1.38. The Morgan fingerprint density at radius 3 is 2.12 bits per heavy atom. The molecule has 1 aromatic rings. The van der Waals surface area contributed by atoms with Crippen molar-refractivity contribution in [2.75, 3.05) is 13.2 Å². The molecule has 0 aliphatic rings. The van der Waals surface area contributed by atoms with Gasteiger partial charge in [0.25, 0.3) is 0 Å². The lowest BCUT2D eigenvalue weighted by molar-refractivity contribution is 0.175. The molecule has 0 heterocycles. The molecule has 0 fully saturated rings. The lowest BCUT2D eigenvalue weighted by Gasteiger charge is -2.23. The van der Waals surface area contributed by atoms with Crippen LogP contribution in [-0.4, -0.2) is 13.2 Å². The summed E-state index contributed by atoms with van der Waals surface area (Å²) in [5, 5.41) is 0. The van der Waals surface area contributed by atoms with Gasteiger partial charge in [0.15, 0.2) is 0 Å². The van der Waals surface area contributed by atoms with E-state index in [0.717, 1.165) is 24.5 Å². The molecule has 2 nitrogen and oxygen atoms in total. The van der Waals surface area contributed by atoms with Gasteiger partial charge >= 0.3 is 0 Å². The van der Waals surface area contributed by atoms with Crippen LogP contribution in [0.15, 0.2) is 18.2 Å². The van der Waals surface area contributed by atoms with Crippen molar-refractivity contribution < 1.29 is 9.47 Å². The van der Waals surface area contributed by atoms with Gasteiger partial charge in [-0.25, -0.2) is 0 Å². The fourth-order valence-corrected chi connectivity index (χ4v) is 1.43. The van der Waals surface area contributed by atoms with E-state index in [9.17, 15) is 0 Å². The van der Waals surface area contributed by atoms with E-state index in [0.29, 0.717) is 6.61 Å². The van der Waals surface area contributed by atoms with Crippen LogP contribution in [0.1, 0.15) is 39.7 Å². The highest BCUT2D eigenvalue weighted by atomic mass is 16.5. The number of aryl methyl sites for hydroxylation is 1. The third kappa shape index (κ3) is 4.68. The van der Waals surface area contributed by atoms with Gasteiger partial charge in [0.2, 0.25) is 0 Å². The molecule has 0 radical (unpaired) electrons. The van der Waals surface area contributed by atoms with Gasteiger partial charge in [0, 0.05) is 6.07 Å². The Morgan fingerprint density at radius 2 is 1.59 bits per heavy atom. The summed E-state index contributed by atoms with van der Waals surface area (Å²) in [5.74, 6) is 1.78. The van der Waals surface area contributed by atoms with E-state index < -0.39 is 0 Å². The summed E-state index contributed by atoms with van der Waals surface area (Å²) in [4.78, 5) is 0. The maximum Gasteiger partial charge on any atom is 0.123 e. The Hall–Kier alpha value is -1.18. The van der Waals surface area contributed by atoms with Gasteiger partial charge < -0.3 is 9.47 Å². The van der Waals surface area contributed by atoms with Crippen molar-refractivity contribution in [1.29, 1.82) is 0 Å². The van der Waals surface area contributed by atoms with Crippen LogP contribution >= 0.6 is 0 Å². The van der Waals surface area contributed by atoms with E-state index in [2.05, 4.69) is 27.7 Å². The molecular weight excluding hydrogens is 212 g/mol. The first-order valence-corrected chi connectivity index (χ1v) is 6.34. The minimum absolute atomic E-state index is 0.218. The fraction of sp³-hybridized carbons (Fsp3) is 0.600. The molecular formula is C15H24O2. The van der Waals surface area contributed by atoms with E-state index >= 15 is 0 Å². The van der Waals surface area contributed by atoms with Gasteiger partial charge in [-0.3, -0.25) is 0 Å². The first-order chi connectivity index (χ1) is 7.96. The third-order valence-electron chi connectivity index (χ3n) is 2.92. The summed E-state index contributed by atoms with van der Waals surface area (Å²) in [6.07, 6.45) is 1.11. The zero-order chi connectivity index (χ0) is 12.9. The van der Waals surface area contributed by atoms with Crippen LogP contribution in [0.4, 0.5) is 0 Å². The number of hydrogen-bond acceptors (Lipinski definition) is 2. The Morgan fingerprint density at radius 1 is 1.00 bits per heavy atom. The predicted octanol–water partition coefficient (Wildman–Crippen LogP) is 4.21. The van der Waals surface area contributed by atoms with Crippen molar-refractivity contribution in [3.8, 4) is 11.5 Å². The molecule has 1 aromatic carbocycles. The molecule has 1 rings (SSSR count). The van der Waals surface area contributed by atoms with Gasteiger partial charge in [0.1, 0.15) is 11.5 Å². The molecule has 0 spiro atoms. The van der Waals surface area contributed by atoms with Crippen molar-refractivity contribution in [3.05, 3.63) is 23.8 Å². The molecule has 0 amide bonds. The standard InChI is InChI=1S/C15H24O2/c1-6-15(4,5)11-17-14-9-12(3)8-13(10-14)16-7-2/h8-10H,6-7,11H2,1-5H3. The van der Waals surface area contributed by atoms with Crippen LogP contribution in [0.2, 0.25) is 0 Å². The van der Waals surface area contributed by atoms with Gasteiger partial charge in [-0.2, -0.15) is 0 Å².